The van der Waals surface area contributed by atoms with Crippen LogP contribution < -0.4 is 15.1 Å². The summed E-state index contributed by atoms with van der Waals surface area (Å²) in [4.78, 5) is 31.9. The van der Waals surface area contributed by atoms with Crippen LogP contribution in [0.1, 0.15) is 32.4 Å². The SMILES string of the molecule is COC(=O)c1ccc(C2NC(=O)c3ccccc3N2CCN2CCN(c3ccccc3)CC2)cc1. The third-order valence-electron chi connectivity index (χ3n) is 6.84. The lowest BCUT2D eigenvalue weighted by molar-refractivity contribution is 0.0600. The molecule has 7 heteroatoms. The fraction of sp³-hybridized carbons (Fsp3) is 0.286. The van der Waals surface area contributed by atoms with Gasteiger partial charge in [-0.1, -0.05) is 42.5 Å². The number of hydrogen-bond donors (Lipinski definition) is 1. The van der Waals surface area contributed by atoms with Gasteiger partial charge in [0.05, 0.1) is 23.9 Å². The molecular formula is C28H30N4O3. The molecule has 5 rings (SSSR count). The molecule has 1 saturated heterocycles. The quantitative estimate of drug-likeness (QED) is 0.556. The van der Waals surface area contributed by atoms with Gasteiger partial charge >= 0.3 is 5.97 Å². The number of amides is 1. The maximum absolute atomic E-state index is 12.9. The van der Waals surface area contributed by atoms with Crippen LogP contribution in [0.4, 0.5) is 11.4 Å². The molecule has 0 radical (unpaired) electrons. The van der Waals surface area contributed by atoms with Crippen molar-refractivity contribution >= 4 is 23.3 Å². The van der Waals surface area contributed by atoms with Gasteiger partial charge in [0.1, 0.15) is 6.17 Å². The van der Waals surface area contributed by atoms with Crippen molar-refractivity contribution in [1.82, 2.24) is 10.2 Å². The Morgan fingerprint density at radius 2 is 1.57 bits per heavy atom. The number of ether oxygens (including phenoxy) is 1. The van der Waals surface area contributed by atoms with Gasteiger partial charge in [-0.05, 0) is 42.0 Å². The monoisotopic (exact) mass is 470 g/mol. The van der Waals surface area contributed by atoms with Crippen LogP contribution in [0, 0.1) is 0 Å². The first-order valence-electron chi connectivity index (χ1n) is 12.0. The summed E-state index contributed by atoms with van der Waals surface area (Å²) < 4.78 is 4.82. The lowest BCUT2D eigenvalue weighted by atomic mass is 10.0. The molecule has 0 spiro atoms. The lowest BCUT2D eigenvalue weighted by Crippen LogP contribution is -2.52. The fourth-order valence-electron chi connectivity index (χ4n) is 4.88. The van der Waals surface area contributed by atoms with Crippen molar-refractivity contribution < 1.29 is 14.3 Å². The van der Waals surface area contributed by atoms with Crippen molar-refractivity contribution in [2.24, 2.45) is 0 Å². The Morgan fingerprint density at radius 3 is 2.29 bits per heavy atom. The first-order chi connectivity index (χ1) is 17.1. The Morgan fingerprint density at radius 1 is 0.886 bits per heavy atom. The van der Waals surface area contributed by atoms with Crippen LogP contribution in [-0.2, 0) is 4.74 Å². The number of carbonyl (C=O) groups excluding carboxylic acids is 2. The Kier molecular flexibility index (Phi) is 6.68. The molecule has 180 valence electrons. The second kappa shape index (κ2) is 10.2. The zero-order chi connectivity index (χ0) is 24.2. The highest BCUT2D eigenvalue weighted by Crippen LogP contribution is 2.33. The predicted molar refractivity (Wildman–Crippen MR) is 137 cm³/mol. The van der Waals surface area contributed by atoms with Crippen LogP contribution in [0.3, 0.4) is 0 Å². The van der Waals surface area contributed by atoms with Crippen LogP contribution >= 0.6 is 0 Å². The number of methoxy groups -OCH3 is 1. The van der Waals surface area contributed by atoms with Crippen LogP contribution in [0.2, 0.25) is 0 Å². The van der Waals surface area contributed by atoms with E-state index in [0.717, 1.165) is 50.5 Å². The van der Waals surface area contributed by atoms with Crippen LogP contribution in [0.25, 0.3) is 0 Å². The normalized spacial score (nSPS) is 18.1. The van der Waals surface area contributed by atoms with Gasteiger partial charge in [-0.3, -0.25) is 9.69 Å². The summed E-state index contributed by atoms with van der Waals surface area (Å²) in [7, 11) is 1.37. The van der Waals surface area contributed by atoms with E-state index in [9.17, 15) is 9.59 Å². The second-order valence-electron chi connectivity index (χ2n) is 8.86. The number of rotatable bonds is 6. The zero-order valence-electron chi connectivity index (χ0n) is 19.9. The van der Waals surface area contributed by atoms with Crippen LogP contribution in [0.5, 0.6) is 0 Å². The summed E-state index contributed by atoms with van der Waals surface area (Å²) in [6, 6.07) is 25.6. The minimum absolute atomic E-state index is 0.0876. The number of piperazine rings is 1. The summed E-state index contributed by atoms with van der Waals surface area (Å²) in [5.74, 6) is -0.462. The number of esters is 1. The van der Waals surface area contributed by atoms with Crippen LogP contribution in [0.15, 0.2) is 78.9 Å². The third kappa shape index (κ3) is 4.86. The number of nitrogens with zero attached hydrogens (tertiary/aromatic N) is 3. The molecule has 2 aliphatic heterocycles. The van der Waals surface area contributed by atoms with Gasteiger partial charge in [-0.25, -0.2) is 4.79 Å². The highest BCUT2D eigenvalue weighted by atomic mass is 16.5. The molecule has 0 aromatic heterocycles. The lowest BCUT2D eigenvalue weighted by Gasteiger charge is -2.41. The molecule has 0 saturated carbocycles. The number of hydrogen-bond acceptors (Lipinski definition) is 6. The molecule has 2 heterocycles. The van der Waals surface area contributed by atoms with Gasteiger partial charge in [0.15, 0.2) is 0 Å². The van der Waals surface area contributed by atoms with Crippen molar-refractivity contribution in [2.45, 2.75) is 6.17 Å². The molecule has 0 bridgehead atoms. The molecule has 2 aliphatic rings. The Bertz CT molecular complexity index is 1170. The predicted octanol–water partition coefficient (Wildman–Crippen LogP) is 3.54. The molecule has 1 unspecified atom stereocenters. The van der Waals surface area contributed by atoms with Gasteiger partial charge in [-0.15, -0.1) is 0 Å². The summed E-state index contributed by atoms with van der Waals surface area (Å²) >= 11 is 0. The zero-order valence-corrected chi connectivity index (χ0v) is 19.9. The minimum Gasteiger partial charge on any atom is -0.465 e. The van der Waals surface area contributed by atoms with E-state index < -0.39 is 0 Å². The molecular weight excluding hydrogens is 440 g/mol. The highest BCUT2D eigenvalue weighted by Gasteiger charge is 2.32. The van der Waals surface area contributed by atoms with Crippen molar-refractivity contribution in [3.63, 3.8) is 0 Å². The van der Waals surface area contributed by atoms with E-state index >= 15 is 0 Å². The molecule has 3 aromatic rings. The minimum atomic E-state index is -0.374. The maximum Gasteiger partial charge on any atom is 0.337 e. The molecule has 0 aliphatic carbocycles. The number of anilines is 2. The average Bonchev–Trinajstić information content (AvgIpc) is 2.93. The summed E-state index contributed by atoms with van der Waals surface area (Å²) in [5.41, 5.74) is 4.30. The molecule has 35 heavy (non-hydrogen) atoms. The third-order valence-corrected chi connectivity index (χ3v) is 6.84. The number of fused-ring (bicyclic) bond motifs is 1. The molecule has 1 fully saturated rings. The van der Waals surface area contributed by atoms with Gasteiger partial charge in [0.25, 0.3) is 5.91 Å². The van der Waals surface area contributed by atoms with Crippen molar-refractivity contribution in [1.29, 1.82) is 0 Å². The van der Waals surface area contributed by atoms with Gasteiger partial charge < -0.3 is 19.9 Å². The number of para-hydroxylation sites is 2. The summed E-state index contributed by atoms with van der Waals surface area (Å²) in [6.45, 7) is 5.64. The Labute approximate surface area is 205 Å². The Balaban J connectivity index is 1.31. The molecule has 1 amide bonds. The number of benzene rings is 3. The topological polar surface area (TPSA) is 65.1 Å². The van der Waals surface area contributed by atoms with Crippen molar-refractivity contribution in [2.75, 3.05) is 56.2 Å². The van der Waals surface area contributed by atoms with E-state index in [1.807, 2.05) is 42.5 Å². The van der Waals surface area contributed by atoms with E-state index in [0.29, 0.717) is 11.1 Å². The highest BCUT2D eigenvalue weighted by molar-refractivity contribution is 6.02. The summed E-state index contributed by atoms with van der Waals surface area (Å²) in [6.07, 6.45) is -0.310. The average molecular weight is 471 g/mol. The van der Waals surface area contributed by atoms with Crippen molar-refractivity contribution in [3.8, 4) is 0 Å². The first kappa shape index (κ1) is 22.9. The smallest absolute Gasteiger partial charge is 0.337 e. The molecule has 3 aromatic carbocycles. The van der Waals surface area contributed by atoms with Gasteiger partial charge in [0.2, 0.25) is 0 Å². The fourth-order valence-corrected chi connectivity index (χ4v) is 4.88. The second-order valence-corrected chi connectivity index (χ2v) is 8.86. The van der Waals surface area contributed by atoms with E-state index in [4.69, 9.17) is 4.74 Å². The molecule has 1 N–H and O–H groups in total. The van der Waals surface area contributed by atoms with Crippen molar-refractivity contribution in [3.05, 3.63) is 95.6 Å². The van der Waals surface area contributed by atoms with E-state index in [-0.39, 0.29) is 18.0 Å². The summed E-state index contributed by atoms with van der Waals surface area (Å²) in [5, 5.41) is 3.16. The number of carbonyl (C=O) groups is 2. The van der Waals surface area contributed by atoms with Gasteiger partial charge in [0, 0.05) is 45.0 Å². The molecule has 7 nitrogen and oxygen atoms in total. The molecule has 1 atom stereocenters. The van der Waals surface area contributed by atoms with E-state index in [1.165, 1.54) is 12.8 Å². The van der Waals surface area contributed by atoms with Gasteiger partial charge in [-0.2, -0.15) is 0 Å². The maximum atomic E-state index is 12.9. The van der Waals surface area contributed by atoms with E-state index in [2.05, 4.69) is 44.3 Å². The Hall–Kier alpha value is -3.84. The van der Waals surface area contributed by atoms with E-state index in [1.54, 1.807) is 12.1 Å². The van der Waals surface area contributed by atoms with Crippen LogP contribution in [-0.4, -0.2) is 63.2 Å². The first-order valence-corrected chi connectivity index (χ1v) is 12.0. The largest absolute Gasteiger partial charge is 0.465 e. The number of nitrogens with one attached hydrogen (secondary N) is 1. The standard InChI is InChI=1S/C28H30N4O3/c1-35-28(34)22-13-11-21(12-14-22)26-29-27(33)24-9-5-6-10-25(24)32(26)20-17-30-15-18-31(19-16-30)23-7-3-2-4-8-23/h2-14,26H,15-20H2,1H3,(H,29,33).